The molecule has 104 valence electrons. The zero-order valence-corrected chi connectivity index (χ0v) is 11.1. The van der Waals surface area contributed by atoms with E-state index in [1.165, 1.54) is 0 Å². The average Bonchev–Trinajstić information content (AvgIpc) is 2.81. The van der Waals surface area contributed by atoms with Gasteiger partial charge >= 0.3 is 5.97 Å². The first-order valence-corrected chi connectivity index (χ1v) is 6.65. The number of ether oxygens (including phenoxy) is 1. The summed E-state index contributed by atoms with van der Waals surface area (Å²) in [7, 11) is 0. The van der Waals surface area contributed by atoms with Crippen molar-refractivity contribution in [3.05, 3.63) is 0 Å². The molecule has 0 spiro atoms. The molecule has 0 aliphatic carbocycles. The number of hydrogen-bond donors (Lipinski definition) is 2. The smallest absolute Gasteiger partial charge is 0.306 e. The summed E-state index contributed by atoms with van der Waals surface area (Å²) in [5, 5.41) is 11.7. The number of rotatable bonds is 7. The van der Waals surface area contributed by atoms with Crippen LogP contribution in [-0.2, 0) is 14.3 Å². The number of carbonyl (C=O) groups excluding carboxylic acids is 1. The van der Waals surface area contributed by atoms with Crippen molar-refractivity contribution in [2.24, 2.45) is 5.92 Å². The molecule has 0 aromatic rings. The van der Waals surface area contributed by atoms with Gasteiger partial charge in [0.05, 0.1) is 5.92 Å². The Morgan fingerprint density at radius 1 is 1.39 bits per heavy atom. The average molecular weight is 257 g/mol. The third-order valence-electron chi connectivity index (χ3n) is 3.31. The highest BCUT2D eigenvalue weighted by atomic mass is 16.5. The largest absolute Gasteiger partial charge is 0.481 e. The molecular weight excluding hydrogens is 234 g/mol. The number of aliphatic carboxylic acids is 1. The van der Waals surface area contributed by atoms with Crippen LogP contribution in [0.25, 0.3) is 0 Å². The summed E-state index contributed by atoms with van der Waals surface area (Å²) in [5.41, 5.74) is 0. The minimum absolute atomic E-state index is 0.0358. The molecule has 1 rings (SSSR count). The molecule has 18 heavy (non-hydrogen) atoms. The fourth-order valence-corrected chi connectivity index (χ4v) is 2.05. The van der Waals surface area contributed by atoms with E-state index in [9.17, 15) is 9.59 Å². The summed E-state index contributed by atoms with van der Waals surface area (Å²) in [6, 6.07) is 0.0719. The second-order valence-corrected chi connectivity index (χ2v) is 5.08. The van der Waals surface area contributed by atoms with Gasteiger partial charge in [-0.1, -0.05) is 13.3 Å². The normalized spacial score (nSPS) is 22.4. The van der Waals surface area contributed by atoms with Crippen molar-refractivity contribution < 1.29 is 19.4 Å². The van der Waals surface area contributed by atoms with Crippen LogP contribution in [0.5, 0.6) is 0 Å². The van der Waals surface area contributed by atoms with Crippen molar-refractivity contribution in [1.82, 2.24) is 5.32 Å². The second kappa shape index (κ2) is 7.36. The van der Waals surface area contributed by atoms with Crippen molar-refractivity contribution in [1.29, 1.82) is 0 Å². The molecule has 3 atom stereocenters. The van der Waals surface area contributed by atoms with Gasteiger partial charge < -0.3 is 15.2 Å². The molecule has 1 amide bonds. The predicted octanol–water partition coefficient (Wildman–Crippen LogP) is 1.56. The number of carboxylic acids is 1. The van der Waals surface area contributed by atoms with Crippen LogP contribution in [-0.4, -0.2) is 35.7 Å². The first-order valence-electron chi connectivity index (χ1n) is 6.65. The molecule has 0 aromatic carbocycles. The minimum atomic E-state index is -0.758. The Morgan fingerprint density at radius 2 is 2.11 bits per heavy atom. The van der Waals surface area contributed by atoms with Gasteiger partial charge in [0.15, 0.2) is 0 Å². The maximum atomic E-state index is 11.7. The van der Waals surface area contributed by atoms with E-state index in [1.807, 2.05) is 6.92 Å². The van der Waals surface area contributed by atoms with Gasteiger partial charge in [-0.2, -0.15) is 0 Å². The number of hydrogen-bond acceptors (Lipinski definition) is 3. The number of carboxylic acid groups (broad SMARTS) is 1. The number of carbonyl (C=O) groups is 2. The molecule has 0 aromatic heterocycles. The Labute approximate surface area is 108 Å². The van der Waals surface area contributed by atoms with Crippen molar-refractivity contribution >= 4 is 11.9 Å². The van der Waals surface area contributed by atoms with Gasteiger partial charge in [-0.3, -0.25) is 9.59 Å². The van der Waals surface area contributed by atoms with E-state index in [4.69, 9.17) is 9.84 Å². The van der Waals surface area contributed by atoms with Crippen molar-refractivity contribution in [2.75, 3.05) is 6.61 Å². The molecule has 2 unspecified atom stereocenters. The Kier molecular flexibility index (Phi) is 6.12. The lowest BCUT2D eigenvalue weighted by atomic mass is 10.0. The van der Waals surface area contributed by atoms with Gasteiger partial charge in [0.25, 0.3) is 0 Å². The topological polar surface area (TPSA) is 75.6 Å². The monoisotopic (exact) mass is 257 g/mol. The fraction of sp³-hybridized carbons (Fsp3) is 0.846. The molecule has 1 heterocycles. The summed E-state index contributed by atoms with van der Waals surface area (Å²) < 4.78 is 5.30. The van der Waals surface area contributed by atoms with Gasteiger partial charge in [0.1, 0.15) is 6.10 Å². The quantitative estimate of drug-likeness (QED) is 0.725. The van der Waals surface area contributed by atoms with Crippen molar-refractivity contribution in [3.63, 3.8) is 0 Å². The minimum Gasteiger partial charge on any atom is -0.481 e. The van der Waals surface area contributed by atoms with Gasteiger partial charge in [-0.05, 0) is 32.6 Å². The zero-order chi connectivity index (χ0) is 13.5. The van der Waals surface area contributed by atoms with Crippen LogP contribution in [0.15, 0.2) is 0 Å². The van der Waals surface area contributed by atoms with Crippen LogP contribution >= 0.6 is 0 Å². The third-order valence-corrected chi connectivity index (χ3v) is 3.31. The van der Waals surface area contributed by atoms with Crippen LogP contribution in [0.1, 0.15) is 46.0 Å². The van der Waals surface area contributed by atoms with Crippen LogP contribution < -0.4 is 5.32 Å². The summed E-state index contributed by atoms with van der Waals surface area (Å²) >= 11 is 0. The van der Waals surface area contributed by atoms with Gasteiger partial charge in [0.2, 0.25) is 5.91 Å². The van der Waals surface area contributed by atoms with Gasteiger partial charge in [-0.15, -0.1) is 0 Å². The van der Waals surface area contributed by atoms with Gasteiger partial charge in [0, 0.05) is 12.6 Å². The molecule has 1 aliphatic heterocycles. The lowest BCUT2D eigenvalue weighted by Crippen LogP contribution is -2.39. The van der Waals surface area contributed by atoms with Crippen LogP contribution in [0.3, 0.4) is 0 Å². The zero-order valence-electron chi connectivity index (χ0n) is 11.1. The first-order chi connectivity index (χ1) is 8.50. The number of nitrogens with one attached hydrogen (secondary N) is 1. The maximum Gasteiger partial charge on any atom is 0.306 e. The fourth-order valence-electron chi connectivity index (χ4n) is 2.05. The number of amides is 1. The maximum absolute atomic E-state index is 11.7. The molecular formula is C13H23NO4. The lowest BCUT2D eigenvalue weighted by Gasteiger charge is -2.17. The van der Waals surface area contributed by atoms with Crippen LogP contribution in [0.4, 0.5) is 0 Å². The van der Waals surface area contributed by atoms with E-state index in [2.05, 4.69) is 5.32 Å². The Bertz CT molecular complexity index is 287. The SMILES string of the molecule is CC(CCCC(C)C(=O)O)NC(=O)[C@@H]1CCCO1. The molecule has 1 fully saturated rings. The summed E-state index contributed by atoms with van der Waals surface area (Å²) in [4.78, 5) is 22.4. The third kappa shape index (κ3) is 5.04. The van der Waals surface area contributed by atoms with E-state index in [1.54, 1.807) is 6.92 Å². The standard InChI is InChI=1S/C13H23NO4/c1-9(13(16)17)5-3-6-10(2)14-12(15)11-7-4-8-18-11/h9-11H,3-8H2,1-2H3,(H,14,15)(H,16,17)/t9?,10?,11-/m0/s1. The van der Waals surface area contributed by atoms with Gasteiger partial charge in [-0.25, -0.2) is 0 Å². The van der Waals surface area contributed by atoms with Crippen LogP contribution in [0.2, 0.25) is 0 Å². The Hall–Kier alpha value is -1.10. The van der Waals surface area contributed by atoms with E-state index < -0.39 is 5.97 Å². The molecule has 1 saturated heterocycles. The van der Waals surface area contributed by atoms with E-state index in [-0.39, 0.29) is 24.0 Å². The van der Waals surface area contributed by atoms with E-state index in [0.717, 1.165) is 25.7 Å². The molecule has 2 N–H and O–H groups in total. The summed E-state index contributed by atoms with van der Waals surface area (Å²) in [6.45, 7) is 4.32. The molecule has 0 bridgehead atoms. The highest BCUT2D eigenvalue weighted by molar-refractivity contribution is 5.81. The predicted molar refractivity (Wildman–Crippen MR) is 67.2 cm³/mol. The van der Waals surface area contributed by atoms with Crippen molar-refractivity contribution in [3.8, 4) is 0 Å². The molecule has 5 nitrogen and oxygen atoms in total. The van der Waals surface area contributed by atoms with Crippen LogP contribution in [0, 0.1) is 5.92 Å². The molecule has 0 saturated carbocycles. The highest BCUT2D eigenvalue weighted by Gasteiger charge is 2.24. The van der Waals surface area contributed by atoms with E-state index in [0.29, 0.717) is 13.0 Å². The molecule has 0 radical (unpaired) electrons. The summed E-state index contributed by atoms with van der Waals surface area (Å²) in [6.07, 6.45) is 3.72. The summed E-state index contributed by atoms with van der Waals surface area (Å²) in [5.74, 6) is -1.11. The first kappa shape index (κ1) is 15.0. The molecule has 5 heteroatoms. The van der Waals surface area contributed by atoms with Crippen molar-refractivity contribution in [2.45, 2.75) is 58.1 Å². The lowest BCUT2D eigenvalue weighted by molar-refractivity contribution is -0.141. The van der Waals surface area contributed by atoms with E-state index >= 15 is 0 Å². The highest BCUT2D eigenvalue weighted by Crippen LogP contribution is 2.13. The Balaban J connectivity index is 2.14. The second-order valence-electron chi connectivity index (χ2n) is 5.08. The Morgan fingerprint density at radius 3 is 2.67 bits per heavy atom. The molecule has 1 aliphatic rings.